The Bertz CT molecular complexity index is 495. The Kier molecular flexibility index (Phi) is 3.75. The first kappa shape index (κ1) is 12.1. The summed E-state index contributed by atoms with van der Waals surface area (Å²) in [6.07, 6.45) is 0. The van der Waals surface area contributed by atoms with Crippen molar-refractivity contribution in [2.75, 3.05) is 12.3 Å². The lowest BCUT2D eigenvalue weighted by Gasteiger charge is -2.03. The maximum Gasteiger partial charge on any atom is 0.191 e. The molecular weight excluding hydrogens is 239 g/mol. The Labute approximate surface area is 103 Å². The van der Waals surface area contributed by atoms with E-state index in [9.17, 15) is 4.39 Å². The lowest BCUT2D eigenvalue weighted by molar-refractivity contribution is 0.628. The van der Waals surface area contributed by atoms with Crippen molar-refractivity contribution in [3.8, 4) is 11.4 Å². The Morgan fingerprint density at radius 1 is 1.29 bits per heavy atom. The normalized spacial score (nSPS) is 10.8. The summed E-state index contributed by atoms with van der Waals surface area (Å²) in [5.41, 5.74) is 6.29. The molecule has 2 aromatic rings. The van der Waals surface area contributed by atoms with Crippen LogP contribution in [0.3, 0.4) is 0 Å². The second kappa shape index (κ2) is 5.29. The molecule has 0 spiro atoms. The van der Waals surface area contributed by atoms with E-state index in [1.54, 1.807) is 23.9 Å². The van der Waals surface area contributed by atoms with Crippen LogP contribution in [-0.2, 0) is 7.05 Å². The smallest absolute Gasteiger partial charge is 0.191 e. The number of rotatable bonds is 4. The SMILES string of the molecule is Cn1c(SCCN)nnc1-c1ccc(F)cc1. The first-order chi connectivity index (χ1) is 8.22. The highest BCUT2D eigenvalue weighted by Crippen LogP contribution is 2.22. The van der Waals surface area contributed by atoms with Crippen molar-refractivity contribution in [3.63, 3.8) is 0 Å². The maximum absolute atomic E-state index is 12.8. The van der Waals surface area contributed by atoms with Crippen molar-refractivity contribution in [2.24, 2.45) is 12.8 Å². The minimum Gasteiger partial charge on any atom is -0.330 e. The summed E-state index contributed by atoms with van der Waals surface area (Å²) in [4.78, 5) is 0. The quantitative estimate of drug-likeness (QED) is 0.841. The lowest BCUT2D eigenvalue weighted by atomic mass is 10.2. The number of aromatic nitrogens is 3. The van der Waals surface area contributed by atoms with E-state index in [0.717, 1.165) is 22.3 Å². The predicted octanol–water partition coefficient (Wildman–Crippen LogP) is 1.67. The van der Waals surface area contributed by atoms with Crippen LogP contribution in [0.4, 0.5) is 4.39 Å². The zero-order chi connectivity index (χ0) is 12.3. The number of nitrogens with two attached hydrogens (primary N) is 1. The molecule has 0 saturated carbocycles. The molecule has 6 heteroatoms. The van der Waals surface area contributed by atoms with E-state index in [1.165, 1.54) is 12.1 Å². The van der Waals surface area contributed by atoms with Crippen molar-refractivity contribution < 1.29 is 4.39 Å². The number of halogens is 1. The van der Waals surface area contributed by atoms with Gasteiger partial charge in [0, 0.05) is 24.9 Å². The van der Waals surface area contributed by atoms with Gasteiger partial charge in [-0.2, -0.15) is 0 Å². The van der Waals surface area contributed by atoms with Crippen LogP contribution in [0.5, 0.6) is 0 Å². The summed E-state index contributed by atoms with van der Waals surface area (Å²) in [6.45, 7) is 0.601. The molecule has 1 heterocycles. The molecule has 0 radical (unpaired) electrons. The van der Waals surface area contributed by atoms with Crippen molar-refractivity contribution in [1.29, 1.82) is 0 Å². The summed E-state index contributed by atoms with van der Waals surface area (Å²) in [5, 5.41) is 8.99. The second-order valence-electron chi connectivity index (χ2n) is 3.51. The zero-order valence-electron chi connectivity index (χ0n) is 9.43. The average Bonchev–Trinajstić information content (AvgIpc) is 2.69. The molecule has 0 atom stereocenters. The van der Waals surface area contributed by atoms with Crippen LogP contribution in [0.2, 0.25) is 0 Å². The molecule has 0 unspecified atom stereocenters. The summed E-state index contributed by atoms with van der Waals surface area (Å²) < 4.78 is 14.7. The molecule has 0 amide bonds. The molecule has 0 aliphatic rings. The standard InChI is InChI=1S/C11H13FN4S/c1-16-10(8-2-4-9(12)5-3-8)14-15-11(16)17-7-6-13/h2-5H,6-7,13H2,1H3. The van der Waals surface area contributed by atoms with Gasteiger partial charge < -0.3 is 10.3 Å². The van der Waals surface area contributed by atoms with E-state index in [1.807, 2.05) is 11.6 Å². The van der Waals surface area contributed by atoms with Crippen molar-refractivity contribution in [1.82, 2.24) is 14.8 Å². The lowest BCUT2D eigenvalue weighted by Crippen LogP contribution is -2.03. The molecule has 0 fully saturated rings. The molecule has 17 heavy (non-hydrogen) atoms. The van der Waals surface area contributed by atoms with E-state index >= 15 is 0 Å². The van der Waals surface area contributed by atoms with Gasteiger partial charge in [-0.15, -0.1) is 10.2 Å². The Hall–Kier alpha value is -1.40. The fourth-order valence-electron chi connectivity index (χ4n) is 1.44. The monoisotopic (exact) mass is 252 g/mol. The number of thioether (sulfide) groups is 1. The van der Waals surface area contributed by atoms with E-state index in [0.29, 0.717) is 6.54 Å². The molecule has 0 saturated heterocycles. The highest BCUT2D eigenvalue weighted by atomic mass is 32.2. The van der Waals surface area contributed by atoms with Crippen molar-refractivity contribution in [3.05, 3.63) is 30.1 Å². The van der Waals surface area contributed by atoms with Gasteiger partial charge in [-0.05, 0) is 24.3 Å². The van der Waals surface area contributed by atoms with E-state index in [2.05, 4.69) is 10.2 Å². The van der Waals surface area contributed by atoms with Crippen LogP contribution in [0, 0.1) is 5.82 Å². The van der Waals surface area contributed by atoms with Crippen LogP contribution < -0.4 is 5.73 Å². The largest absolute Gasteiger partial charge is 0.330 e. The van der Waals surface area contributed by atoms with E-state index in [4.69, 9.17) is 5.73 Å². The topological polar surface area (TPSA) is 56.7 Å². The molecule has 0 bridgehead atoms. The summed E-state index contributed by atoms with van der Waals surface area (Å²) in [6, 6.07) is 6.21. The predicted molar refractivity (Wildman–Crippen MR) is 66.2 cm³/mol. The maximum atomic E-state index is 12.8. The highest BCUT2D eigenvalue weighted by Gasteiger charge is 2.10. The van der Waals surface area contributed by atoms with Gasteiger partial charge >= 0.3 is 0 Å². The minimum absolute atomic E-state index is 0.256. The van der Waals surface area contributed by atoms with Crippen LogP contribution in [0.1, 0.15) is 0 Å². The molecule has 0 aliphatic heterocycles. The van der Waals surface area contributed by atoms with Crippen molar-refractivity contribution >= 4 is 11.8 Å². The number of benzene rings is 1. The van der Waals surface area contributed by atoms with Gasteiger partial charge in [-0.3, -0.25) is 0 Å². The van der Waals surface area contributed by atoms with E-state index in [-0.39, 0.29) is 5.82 Å². The third kappa shape index (κ3) is 2.65. The van der Waals surface area contributed by atoms with E-state index < -0.39 is 0 Å². The molecule has 90 valence electrons. The average molecular weight is 252 g/mol. The Balaban J connectivity index is 2.27. The summed E-state index contributed by atoms with van der Waals surface area (Å²) >= 11 is 1.56. The number of nitrogens with zero attached hydrogens (tertiary/aromatic N) is 3. The number of hydrogen-bond donors (Lipinski definition) is 1. The van der Waals surface area contributed by atoms with Gasteiger partial charge in [0.2, 0.25) is 0 Å². The molecule has 2 N–H and O–H groups in total. The number of hydrogen-bond acceptors (Lipinski definition) is 4. The second-order valence-corrected chi connectivity index (χ2v) is 4.57. The molecule has 2 rings (SSSR count). The summed E-state index contributed by atoms with van der Waals surface area (Å²) in [7, 11) is 1.89. The van der Waals surface area contributed by atoms with Gasteiger partial charge in [0.25, 0.3) is 0 Å². The highest BCUT2D eigenvalue weighted by molar-refractivity contribution is 7.99. The van der Waals surface area contributed by atoms with Gasteiger partial charge in [0.05, 0.1) is 0 Å². The van der Waals surface area contributed by atoms with Gasteiger partial charge in [-0.25, -0.2) is 4.39 Å². The molecule has 1 aromatic heterocycles. The van der Waals surface area contributed by atoms with Gasteiger partial charge in [-0.1, -0.05) is 11.8 Å². The molecule has 1 aromatic carbocycles. The molecule has 4 nitrogen and oxygen atoms in total. The molecular formula is C11H13FN4S. The van der Waals surface area contributed by atoms with Crippen LogP contribution in [-0.4, -0.2) is 27.1 Å². The van der Waals surface area contributed by atoms with Gasteiger partial charge in [0.15, 0.2) is 11.0 Å². The van der Waals surface area contributed by atoms with Crippen molar-refractivity contribution in [2.45, 2.75) is 5.16 Å². The first-order valence-corrected chi connectivity index (χ1v) is 6.19. The van der Waals surface area contributed by atoms with Crippen LogP contribution >= 0.6 is 11.8 Å². The van der Waals surface area contributed by atoms with Crippen LogP contribution in [0.25, 0.3) is 11.4 Å². The fraction of sp³-hybridized carbons (Fsp3) is 0.273. The third-order valence-electron chi connectivity index (χ3n) is 2.29. The van der Waals surface area contributed by atoms with Gasteiger partial charge in [0.1, 0.15) is 5.82 Å². The fourth-order valence-corrected chi connectivity index (χ4v) is 2.12. The Morgan fingerprint density at radius 2 is 2.00 bits per heavy atom. The zero-order valence-corrected chi connectivity index (χ0v) is 10.2. The minimum atomic E-state index is -0.256. The summed E-state index contributed by atoms with van der Waals surface area (Å²) in [5.74, 6) is 1.27. The first-order valence-electron chi connectivity index (χ1n) is 5.20. The third-order valence-corrected chi connectivity index (χ3v) is 3.34. The Morgan fingerprint density at radius 3 is 2.65 bits per heavy atom. The molecule has 0 aliphatic carbocycles. The van der Waals surface area contributed by atoms with Crippen LogP contribution in [0.15, 0.2) is 29.4 Å².